The smallest absolute Gasteiger partial charge is 0.300 e. The molecule has 2 heterocycles. The van der Waals surface area contributed by atoms with Gasteiger partial charge in [-0.05, 0) is 12.1 Å². The summed E-state index contributed by atoms with van der Waals surface area (Å²) < 4.78 is 0.849. The van der Waals surface area contributed by atoms with Crippen molar-refractivity contribution >= 4 is 16.9 Å². The number of fused-ring (bicyclic) bond motifs is 1. The second-order valence-electron chi connectivity index (χ2n) is 3.24. The van der Waals surface area contributed by atoms with Crippen LogP contribution in [0.25, 0.3) is 11.0 Å². The number of aromatic nitrogens is 2. The highest BCUT2D eigenvalue weighted by molar-refractivity contribution is 6.00. The van der Waals surface area contributed by atoms with Crippen LogP contribution in [0.2, 0.25) is 0 Å². The maximum atomic E-state index is 11.8. The van der Waals surface area contributed by atoms with Crippen LogP contribution in [0, 0.1) is 0 Å². The molecule has 0 saturated carbocycles. The first-order valence-electron chi connectivity index (χ1n) is 4.65. The third-order valence-corrected chi connectivity index (χ3v) is 2.29. The van der Waals surface area contributed by atoms with Gasteiger partial charge in [-0.1, -0.05) is 0 Å². The molecule has 0 fully saturated rings. The Morgan fingerprint density at radius 1 is 1.59 bits per heavy atom. The number of nitrogens with two attached hydrogens (primary N) is 1. The molecule has 2 aromatic rings. The maximum Gasteiger partial charge on any atom is 0.300 e. The average Bonchev–Trinajstić information content (AvgIpc) is 2.29. The molecule has 0 unspecified atom stereocenters. The lowest BCUT2D eigenvalue weighted by Gasteiger charge is -2.10. The van der Waals surface area contributed by atoms with E-state index in [0.717, 1.165) is 4.73 Å². The maximum absolute atomic E-state index is 11.8. The predicted molar refractivity (Wildman–Crippen MR) is 58.7 cm³/mol. The number of nitrogens with zero attached hydrogens (tertiary/aromatic N) is 2. The summed E-state index contributed by atoms with van der Waals surface area (Å²) in [5.74, 6) is -1.57. The predicted octanol–water partition coefficient (Wildman–Crippen LogP) is -0.741. The van der Waals surface area contributed by atoms with Gasteiger partial charge in [0.2, 0.25) is 0 Å². The zero-order valence-corrected chi connectivity index (χ0v) is 8.88. The topological polar surface area (TPSA) is 107 Å². The van der Waals surface area contributed by atoms with E-state index in [1.165, 1.54) is 19.4 Å². The third kappa shape index (κ3) is 1.48. The van der Waals surface area contributed by atoms with Crippen molar-refractivity contribution in [3.8, 4) is 5.75 Å². The summed E-state index contributed by atoms with van der Waals surface area (Å²) in [6, 6.07) is 3.10. The number of pyridine rings is 2. The van der Waals surface area contributed by atoms with Crippen molar-refractivity contribution in [1.29, 1.82) is 0 Å². The first-order valence-corrected chi connectivity index (χ1v) is 4.65. The highest BCUT2D eigenvalue weighted by Crippen LogP contribution is 2.22. The molecule has 0 aliphatic rings. The number of rotatable bonds is 2. The van der Waals surface area contributed by atoms with Crippen LogP contribution in [0.5, 0.6) is 5.75 Å². The summed E-state index contributed by atoms with van der Waals surface area (Å²) in [4.78, 5) is 31.7. The number of amides is 1. The Bertz CT molecular complexity index is 662. The van der Waals surface area contributed by atoms with Crippen LogP contribution in [-0.4, -0.2) is 27.8 Å². The molecule has 0 bridgehead atoms. The SMILES string of the molecule is COn1c(=O)c(C(N)=O)c(O)c2ncccc21. The molecule has 1 amide bonds. The van der Waals surface area contributed by atoms with E-state index in [2.05, 4.69) is 4.98 Å². The van der Waals surface area contributed by atoms with E-state index in [1.807, 2.05) is 0 Å². The van der Waals surface area contributed by atoms with Crippen LogP contribution < -0.4 is 16.1 Å². The lowest BCUT2D eigenvalue weighted by molar-refractivity contribution is 0.0989. The van der Waals surface area contributed by atoms with E-state index in [4.69, 9.17) is 10.6 Å². The minimum atomic E-state index is -1.04. The summed E-state index contributed by atoms with van der Waals surface area (Å²) in [6.45, 7) is 0. The van der Waals surface area contributed by atoms with Crippen LogP contribution in [0.3, 0.4) is 0 Å². The Labute approximate surface area is 95.0 Å². The Balaban J connectivity index is 3.05. The molecule has 0 aromatic carbocycles. The van der Waals surface area contributed by atoms with Gasteiger partial charge in [0.1, 0.15) is 18.1 Å². The third-order valence-electron chi connectivity index (χ3n) is 2.29. The molecular formula is C10H9N3O4. The molecule has 0 spiro atoms. The lowest BCUT2D eigenvalue weighted by atomic mass is 10.2. The van der Waals surface area contributed by atoms with Gasteiger partial charge in [0.25, 0.3) is 11.5 Å². The summed E-state index contributed by atoms with van der Waals surface area (Å²) in [7, 11) is 1.26. The molecule has 0 aliphatic heterocycles. The van der Waals surface area contributed by atoms with Crippen LogP contribution in [0.15, 0.2) is 23.1 Å². The Hall–Kier alpha value is -2.57. The van der Waals surface area contributed by atoms with E-state index in [1.54, 1.807) is 6.07 Å². The number of carbonyl (C=O) groups excluding carboxylic acids is 1. The zero-order chi connectivity index (χ0) is 12.6. The highest BCUT2D eigenvalue weighted by atomic mass is 16.6. The fourth-order valence-corrected chi connectivity index (χ4v) is 1.58. The minimum Gasteiger partial charge on any atom is -0.505 e. The summed E-state index contributed by atoms with van der Waals surface area (Å²) in [5, 5.41) is 9.79. The molecule has 0 atom stereocenters. The molecule has 0 radical (unpaired) electrons. The molecule has 17 heavy (non-hydrogen) atoms. The number of hydrogen-bond acceptors (Lipinski definition) is 5. The molecule has 7 nitrogen and oxygen atoms in total. The van der Waals surface area contributed by atoms with Gasteiger partial charge < -0.3 is 15.7 Å². The molecule has 2 rings (SSSR count). The minimum absolute atomic E-state index is 0.0720. The summed E-state index contributed by atoms with van der Waals surface area (Å²) in [5.41, 5.74) is 3.99. The molecular weight excluding hydrogens is 226 g/mol. The van der Waals surface area contributed by atoms with Gasteiger partial charge in [0, 0.05) is 6.20 Å². The van der Waals surface area contributed by atoms with Crippen LogP contribution in [-0.2, 0) is 0 Å². The van der Waals surface area contributed by atoms with Crippen LogP contribution in [0.1, 0.15) is 10.4 Å². The average molecular weight is 235 g/mol. The number of carbonyl (C=O) groups is 1. The van der Waals surface area contributed by atoms with Gasteiger partial charge in [-0.15, -0.1) is 4.73 Å². The quantitative estimate of drug-likeness (QED) is 0.712. The number of hydrogen-bond donors (Lipinski definition) is 2. The Morgan fingerprint density at radius 2 is 2.29 bits per heavy atom. The number of primary amides is 1. The molecule has 88 valence electrons. The van der Waals surface area contributed by atoms with Crippen molar-refractivity contribution in [2.45, 2.75) is 0 Å². The van der Waals surface area contributed by atoms with Crippen molar-refractivity contribution in [1.82, 2.24) is 9.71 Å². The molecule has 7 heteroatoms. The molecule has 3 N–H and O–H groups in total. The van der Waals surface area contributed by atoms with Gasteiger partial charge in [-0.2, -0.15) is 0 Å². The van der Waals surface area contributed by atoms with Gasteiger partial charge in [0.05, 0.1) is 0 Å². The van der Waals surface area contributed by atoms with Gasteiger partial charge >= 0.3 is 0 Å². The van der Waals surface area contributed by atoms with Gasteiger partial charge in [0.15, 0.2) is 11.3 Å². The Morgan fingerprint density at radius 3 is 2.88 bits per heavy atom. The van der Waals surface area contributed by atoms with E-state index >= 15 is 0 Å². The Kier molecular flexibility index (Phi) is 2.43. The fourth-order valence-electron chi connectivity index (χ4n) is 1.58. The monoisotopic (exact) mass is 235 g/mol. The van der Waals surface area contributed by atoms with Gasteiger partial charge in [-0.3, -0.25) is 14.6 Å². The van der Waals surface area contributed by atoms with Crippen molar-refractivity contribution in [2.75, 3.05) is 7.11 Å². The van der Waals surface area contributed by atoms with E-state index in [-0.39, 0.29) is 11.0 Å². The molecule has 2 aromatic heterocycles. The summed E-state index contributed by atoms with van der Waals surface area (Å²) >= 11 is 0. The number of aromatic hydroxyl groups is 1. The van der Waals surface area contributed by atoms with Gasteiger partial charge in [-0.25, -0.2) is 0 Å². The first-order chi connectivity index (χ1) is 8.07. The van der Waals surface area contributed by atoms with Crippen molar-refractivity contribution in [3.05, 3.63) is 34.2 Å². The van der Waals surface area contributed by atoms with Crippen molar-refractivity contribution in [2.24, 2.45) is 5.73 Å². The second-order valence-corrected chi connectivity index (χ2v) is 3.24. The second kappa shape index (κ2) is 3.78. The molecule has 0 saturated heterocycles. The van der Waals surface area contributed by atoms with E-state index < -0.39 is 22.8 Å². The summed E-state index contributed by atoms with van der Waals surface area (Å²) in [6.07, 6.45) is 1.41. The van der Waals surface area contributed by atoms with Crippen LogP contribution >= 0.6 is 0 Å². The zero-order valence-electron chi connectivity index (χ0n) is 8.88. The van der Waals surface area contributed by atoms with Crippen LogP contribution in [0.4, 0.5) is 0 Å². The normalized spacial score (nSPS) is 10.4. The largest absolute Gasteiger partial charge is 0.505 e. The first kappa shape index (κ1) is 10.9. The van der Waals surface area contributed by atoms with E-state index in [9.17, 15) is 14.7 Å². The fraction of sp³-hybridized carbons (Fsp3) is 0.100. The van der Waals surface area contributed by atoms with Crippen molar-refractivity contribution < 1.29 is 14.7 Å². The highest BCUT2D eigenvalue weighted by Gasteiger charge is 2.21. The lowest BCUT2D eigenvalue weighted by Crippen LogP contribution is -2.32. The molecule has 0 aliphatic carbocycles. The standard InChI is InChI=1S/C10H9N3O4/c1-17-13-5-3-2-4-12-7(5)8(14)6(9(11)15)10(13)16/h2-4,14H,1H3,(H2,11,15). The van der Waals surface area contributed by atoms with E-state index in [0.29, 0.717) is 0 Å². The van der Waals surface area contributed by atoms with Crippen molar-refractivity contribution in [3.63, 3.8) is 0 Å².